The Labute approximate surface area is 107 Å². The predicted octanol–water partition coefficient (Wildman–Crippen LogP) is 3.76. The Balaban J connectivity index is 0. The van der Waals surface area contributed by atoms with Crippen LogP contribution in [-0.4, -0.2) is 30.2 Å². The molecule has 0 spiro atoms. The fourth-order valence-corrected chi connectivity index (χ4v) is 1.46. The summed E-state index contributed by atoms with van der Waals surface area (Å²) in [5.74, 6) is 0. The van der Waals surface area contributed by atoms with E-state index in [0.29, 0.717) is 6.04 Å². The molecular weight excluding hydrogens is 216 g/mol. The molecule has 0 heterocycles. The molecule has 1 unspecified atom stereocenters. The number of hydrogen-bond donors (Lipinski definition) is 1. The SMILES string of the molecule is C=C(C)NC(CN(C)SC)C(C)(C)C.CC. The largest absolute Gasteiger partial charge is 0.384 e. The molecule has 0 fully saturated rings. The first kappa shape index (κ1) is 18.2. The molecule has 3 heteroatoms. The highest BCUT2D eigenvalue weighted by Gasteiger charge is 2.25. The highest BCUT2D eigenvalue weighted by Crippen LogP contribution is 2.21. The topological polar surface area (TPSA) is 15.3 Å². The number of allylic oxidation sites excluding steroid dienone is 1. The lowest BCUT2D eigenvalue weighted by atomic mass is 9.86. The molecule has 0 aliphatic rings. The van der Waals surface area contributed by atoms with Crippen molar-refractivity contribution in [3.63, 3.8) is 0 Å². The third-order valence-electron chi connectivity index (χ3n) is 2.22. The summed E-state index contributed by atoms with van der Waals surface area (Å²) in [6.45, 7) is 17.7. The number of nitrogens with one attached hydrogen (secondary N) is 1. The van der Waals surface area contributed by atoms with E-state index >= 15 is 0 Å². The van der Waals surface area contributed by atoms with E-state index in [-0.39, 0.29) is 5.41 Å². The van der Waals surface area contributed by atoms with Crippen molar-refractivity contribution >= 4 is 11.9 Å². The Morgan fingerprint density at radius 1 is 1.38 bits per heavy atom. The van der Waals surface area contributed by atoms with Crippen molar-refractivity contribution in [3.05, 3.63) is 12.3 Å². The minimum Gasteiger partial charge on any atom is -0.384 e. The van der Waals surface area contributed by atoms with Gasteiger partial charge in [0.1, 0.15) is 0 Å². The first-order valence-electron chi connectivity index (χ1n) is 5.94. The second kappa shape index (κ2) is 8.94. The van der Waals surface area contributed by atoms with Crippen molar-refractivity contribution < 1.29 is 0 Å². The van der Waals surface area contributed by atoms with Gasteiger partial charge in [-0.3, -0.25) is 4.31 Å². The summed E-state index contributed by atoms with van der Waals surface area (Å²) in [5.41, 5.74) is 1.29. The molecule has 0 aromatic heterocycles. The van der Waals surface area contributed by atoms with Gasteiger partial charge in [0.05, 0.1) is 0 Å². The van der Waals surface area contributed by atoms with Crippen molar-refractivity contribution in [3.8, 4) is 0 Å². The Hall–Kier alpha value is -0.150. The van der Waals surface area contributed by atoms with Crippen molar-refractivity contribution in [2.75, 3.05) is 19.8 Å². The van der Waals surface area contributed by atoms with Crippen molar-refractivity contribution in [2.45, 2.75) is 47.6 Å². The van der Waals surface area contributed by atoms with E-state index in [2.05, 4.69) is 50.3 Å². The maximum Gasteiger partial charge on any atom is 0.0442 e. The van der Waals surface area contributed by atoms with E-state index < -0.39 is 0 Å². The van der Waals surface area contributed by atoms with Crippen LogP contribution in [0.15, 0.2) is 12.3 Å². The molecule has 0 aromatic carbocycles. The van der Waals surface area contributed by atoms with Crippen LogP contribution >= 0.6 is 11.9 Å². The molecule has 0 aliphatic heterocycles. The van der Waals surface area contributed by atoms with Crippen LogP contribution < -0.4 is 5.32 Å². The molecule has 2 nitrogen and oxygen atoms in total. The molecule has 0 saturated carbocycles. The monoisotopic (exact) mass is 246 g/mol. The van der Waals surface area contributed by atoms with Crippen molar-refractivity contribution in [2.24, 2.45) is 5.41 Å². The van der Waals surface area contributed by atoms with Gasteiger partial charge in [-0.25, -0.2) is 0 Å². The third-order valence-corrected chi connectivity index (χ3v) is 2.99. The van der Waals surface area contributed by atoms with Crippen molar-refractivity contribution in [1.29, 1.82) is 0 Å². The lowest BCUT2D eigenvalue weighted by Gasteiger charge is -2.34. The average molecular weight is 246 g/mol. The van der Waals surface area contributed by atoms with Gasteiger partial charge in [-0.1, -0.05) is 53.1 Å². The summed E-state index contributed by atoms with van der Waals surface area (Å²) in [7, 11) is 2.11. The number of rotatable bonds is 5. The zero-order valence-electron chi connectivity index (χ0n) is 12.3. The van der Waals surface area contributed by atoms with Crippen LogP contribution in [0.25, 0.3) is 0 Å². The Bertz CT molecular complexity index is 185. The highest BCUT2D eigenvalue weighted by molar-refractivity contribution is 7.96. The summed E-state index contributed by atoms with van der Waals surface area (Å²) in [6.07, 6.45) is 2.10. The van der Waals surface area contributed by atoms with Gasteiger partial charge in [-0.2, -0.15) is 0 Å². The molecule has 16 heavy (non-hydrogen) atoms. The van der Waals surface area contributed by atoms with Crippen LogP contribution in [0.4, 0.5) is 0 Å². The molecule has 0 aliphatic carbocycles. The van der Waals surface area contributed by atoms with Gasteiger partial charge >= 0.3 is 0 Å². The van der Waals surface area contributed by atoms with Gasteiger partial charge in [0.15, 0.2) is 0 Å². The first-order valence-corrected chi connectivity index (χ1v) is 7.13. The molecule has 0 amide bonds. The Morgan fingerprint density at radius 2 is 1.81 bits per heavy atom. The summed E-state index contributed by atoms with van der Waals surface area (Å²) in [4.78, 5) is 0. The maximum absolute atomic E-state index is 3.91. The molecule has 0 aromatic rings. The number of hydrogen-bond acceptors (Lipinski definition) is 3. The van der Waals surface area contributed by atoms with Crippen molar-refractivity contribution in [1.82, 2.24) is 9.62 Å². The summed E-state index contributed by atoms with van der Waals surface area (Å²) in [5, 5.41) is 3.44. The normalized spacial score (nSPS) is 12.8. The van der Waals surface area contributed by atoms with Crippen LogP contribution in [-0.2, 0) is 0 Å². The molecule has 0 rings (SSSR count). The summed E-state index contributed by atoms with van der Waals surface area (Å²) in [6, 6.07) is 0.442. The van der Waals surface area contributed by atoms with Gasteiger partial charge in [0, 0.05) is 18.3 Å². The number of nitrogens with zero attached hydrogens (tertiary/aromatic N) is 1. The van der Waals surface area contributed by atoms with E-state index in [0.717, 1.165) is 12.2 Å². The van der Waals surface area contributed by atoms with E-state index in [1.54, 1.807) is 11.9 Å². The third kappa shape index (κ3) is 9.10. The van der Waals surface area contributed by atoms with E-state index in [1.165, 1.54) is 0 Å². The van der Waals surface area contributed by atoms with Gasteiger partial charge in [0.2, 0.25) is 0 Å². The van der Waals surface area contributed by atoms with Crippen LogP contribution in [0.2, 0.25) is 0 Å². The predicted molar refractivity (Wildman–Crippen MR) is 78.7 cm³/mol. The van der Waals surface area contributed by atoms with Crippen LogP contribution in [0.3, 0.4) is 0 Å². The standard InChI is InChI=1S/C11H24N2S.C2H6/c1-9(2)12-10(11(3,4)5)8-13(6)14-7;1-2/h10,12H,1,8H2,2-7H3;1-2H3. The zero-order chi connectivity index (χ0) is 13.4. The van der Waals surface area contributed by atoms with Gasteiger partial charge < -0.3 is 5.32 Å². The molecule has 1 N–H and O–H groups in total. The average Bonchev–Trinajstić information content (AvgIpc) is 2.17. The molecule has 98 valence electrons. The molecule has 1 atom stereocenters. The fourth-order valence-electron chi connectivity index (χ4n) is 1.17. The maximum atomic E-state index is 3.91. The Morgan fingerprint density at radius 3 is 2.06 bits per heavy atom. The molecule has 0 bridgehead atoms. The molecular formula is C13H30N2S. The lowest BCUT2D eigenvalue weighted by Crippen LogP contribution is -2.45. The van der Waals surface area contributed by atoms with Crippen LogP contribution in [0.5, 0.6) is 0 Å². The summed E-state index contributed by atoms with van der Waals surface area (Å²) >= 11 is 1.76. The van der Waals surface area contributed by atoms with Gasteiger partial charge in [0.25, 0.3) is 0 Å². The van der Waals surface area contributed by atoms with Crippen LogP contribution in [0, 0.1) is 5.41 Å². The molecule has 0 radical (unpaired) electrons. The first-order chi connectivity index (χ1) is 7.27. The fraction of sp³-hybridized carbons (Fsp3) is 0.846. The second-order valence-corrected chi connectivity index (χ2v) is 5.82. The second-order valence-electron chi connectivity index (χ2n) is 4.84. The quantitative estimate of drug-likeness (QED) is 0.744. The van der Waals surface area contributed by atoms with E-state index in [4.69, 9.17) is 0 Å². The summed E-state index contributed by atoms with van der Waals surface area (Å²) < 4.78 is 2.24. The Kier molecular flexibility index (Phi) is 10.2. The minimum atomic E-state index is 0.253. The molecule has 0 saturated heterocycles. The van der Waals surface area contributed by atoms with E-state index in [1.807, 2.05) is 20.8 Å². The van der Waals surface area contributed by atoms with Gasteiger partial charge in [-0.15, -0.1) is 0 Å². The number of likely N-dealkylation sites (N-methyl/N-ethyl adjacent to an activating group) is 1. The smallest absolute Gasteiger partial charge is 0.0442 e. The highest BCUT2D eigenvalue weighted by atomic mass is 32.2. The van der Waals surface area contributed by atoms with E-state index in [9.17, 15) is 0 Å². The van der Waals surface area contributed by atoms with Gasteiger partial charge in [-0.05, 0) is 25.6 Å². The zero-order valence-corrected chi connectivity index (χ0v) is 13.2. The van der Waals surface area contributed by atoms with Crippen LogP contribution in [0.1, 0.15) is 41.5 Å². The minimum absolute atomic E-state index is 0.253. The lowest BCUT2D eigenvalue weighted by molar-refractivity contribution is 0.254.